The van der Waals surface area contributed by atoms with Crippen LogP contribution < -0.4 is 4.90 Å². The van der Waals surface area contributed by atoms with Crippen molar-refractivity contribution in [3.05, 3.63) is 164 Å². The molecule has 220 valence electrons. The van der Waals surface area contributed by atoms with Crippen molar-refractivity contribution >= 4 is 102 Å². The van der Waals surface area contributed by atoms with E-state index in [0.717, 1.165) is 11.4 Å². The number of rotatable bonds is 4. The van der Waals surface area contributed by atoms with Gasteiger partial charge in [-0.2, -0.15) is 0 Å². The van der Waals surface area contributed by atoms with Crippen molar-refractivity contribution in [1.82, 2.24) is 0 Å². The molecule has 0 fully saturated rings. The van der Waals surface area contributed by atoms with Gasteiger partial charge in [0.15, 0.2) is 0 Å². The van der Waals surface area contributed by atoms with Crippen LogP contribution in [0.5, 0.6) is 0 Å². The van der Waals surface area contributed by atoms with E-state index in [2.05, 4.69) is 169 Å². The maximum Gasteiger partial charge on any atom is 0.0640 e. The van der Waals surface area contributed by atoms with Gasteiger partial charge in [0.05, 0.1) is 10.4 Å². The van der Waals surface area contributed by atoms with E-state index in [9.17, 15) is 0 Å². The zero-order chi connectivity index (χ0) is 30.9. The molecule has 2 aromatic heterocycles. The molecular formula is C44H27NS2. The van der Waals surface area contributed by atoms with Crippen LogP contribution in [0, 0.1) is 0 Å². The van der Waals surface area contributed by atoms with E-state index < -0.39 is 0 Å². The van der Waals surface area contributed by atoms with Crippen molar-refractivity contribution in [1.29, 1.82) is 0 Å². The van der Waals surface area contributed by atoms with E-state index in [1.165, 1.54) is 78.7 Å². The van der Waals surface area contributed by atoms with Crippen LogP contribution in [0.25, 0.3) is 73.0 Å². The van der Waals surface area contributed by atoms with E-state index in [1.807, 2.05) is 22.7 Å². The molecule has 0 aliphatic rings. The van der Waals surface area contributed by atoms with E-state index in [1.54, 1.807) is 0 Å². The first-order valence-electron chi connectivity index (χ1n) is 15.9. The Morgan fingerprint density at radius 2 is 1.00 bits per heavy atom. The second kappa shape index (κ2) is 10.5. The maximum absolute atomic E-state index is 2.46. The molecule has 47 heavy (non-hydrogen) atoms. The monoisotopic (exact) mass is 633 g/mol. The molecule has 10 rings (SSSR count). The van der Waals surface area contributed by atoms with Gasteiger partial charge in [-0.15, -0.1) is 22.7 Å². The molecule has 0 aliphatic heterocycles. The summed E-state index contributed by atoms with van der Waals surface area (Å²) in [5, 5.41) is 10.4. The summed E-state index contributed by atoms with van der Waals surface area (Å²) in [6, 6.07) is 60.0. The molecule has 0 saturated heterocycles. The second-order valence-electron chi connectivity index (χ2n) is 12.1. The molecule has 0 unspecified atom stereocenters. The predicted molar refractivity (Wildman–Crippen MR) is 207 cm³/mol. The number of benzene rings is 8. The summed E-state index contributed by atoms with van der Waals surface area (Å²) in [5.41, 5.74) is 6.10. The molecule has 3 heteroatoms. The third kappa shape index (κ3) is 4.14. The zero-order valence-electron chi connectivity index (χ0n) is 25.4. The van der Waals surface area contributed by atoms with Gasteiger partial charge in [-0.1, -0.05) is 121 Å². The minimum absolute atomic E-state index is 1.15. The number of para-hydroxylation sites is 1. The van der Waals surface area contributed by atoms with E-state index >= 15 is 0 Å². The quantitative estimate of drug-likeness (QED) is 0.186. The van der Waals surface area contributed by atoms with E-state index in [4.69, 9.17) is 0 Å². The summed E-state index contributed by atoms with van der Waals surface area (Å²) in [5.74, 6) is 0. The molecule has 10 aromatic rings. The van der Waals surface area contributed by atoms with E-state index in [-0.39, 0.29) is 0 Å². The molecule has 0 amide bonds. The molecule has 1 nitrogen and oxygen atoms in total. The summed E-state index contributed by atoms with van der Waals surface area (Å²) in [4.78, 5) is 2.42. The molecule has 0 bridgehead atoms. The van der Waals surface area contributed by atoms with Crippen LogP contribution in [0.2, 0.25) is 0 Å². The zero-order valence-corrected chi connectivity index (χ0v) is 27.0. The van der Waals surface area contributed by atoms with Gasteiger partial charge in [0.2, 0.25) is 0 Å². The first-order valence-corrected chi connectivity index (χ1v) is 17.6. The molecule has 0 aliphatic carbocycles. The average molecular weight is 634 g/mol. The van der Waals surface area contributed by atoms with Crippen LogP contribution >= 0.6 is 22.7 Å². The standard InChI is InChI=1S/C44H27NS2/c1-2-14-30(15-3-1)45(31-25-24-28-12-4-5-13-29(28)26-31)40-22-11-21-37-39-27-38(32-16-6-7-18-34(32)43(39)47-44(37)40)36-20-10-19-35-33-17-8-9-23-41(33)46-42(35)36/h1-27H. The Morgan fingerprint density at radius 1 is 0.340 bits per heavy atom. The predicted octanol–water partition coefficient (Wildman–Crippen LogP) is 13.9. The first-order chi connectivity index (χ1) is 23.3. The van der Waals surface area contributed by atoms with Crippen LogP contribution in [0.3, 0.4) is 0 Å². The Morgan fingerprint density at radius 3 is 1.87 bits per heavy atom. The van der Waals surface area contributed by atoms with Gasteiger partial charge in [0, 0.05) is 58.0 Å². The largest absolute Gasteiger partial charge is 0.309 e. The van der Waals surface area contributed by atoms with Gasteiger partial charge in [0.25, 0.3) is 0 Å². The normalized spacial score (nSPS) is 11.8. The van der Waals surface area contributed by atoms with Gasteiger partial charge in [-0.05, 0) is 64.2 Å². The molecule has 0 N–H and O–H groups in total. The van der Waals surface area contributed by atoms with Crippen LogP contribution in [-0.2, 0) is 0 Å². The van der Waals surface area contributed by atoms with Crippen molar-refractivity contribution in [3.8, 4) is 11.1 Å². The molecule has 0 saturated carbocycles. The third-order valence-electron chi connectivity index (χ3n) is 9.42. The van der Waals surface area contributed by atoms with E-state index in [0.29, 0.717) is 0 Å². The minimum atomic E-state index is 1.15. The van der Waals surface area contributed by atoms with Crippen LogP contribution in [0.15, 0.2) is 164 Å². The fraction of sp³-hybridized carbons (Fsp3) is 0. The summed E-state index contributed by atoms with van der Waals surface area (Å²) in [6.45, 7) is 0. The smallest absolute Gasteiger partial charge is 0.0640 e. The van der Waals surface area contributed by atoms with Gasteiger partial charge in [-0.25, -0.2) is 0 Å². The lowest BCUT2D eigenvalue weighted by atomic mass is 9.94. The molecule has 0 radical (unpaired) electrons. The van der Waals surface area contributed by atoms with Crippen molar-refractivity contribution in [2.45, 2.75) is 0 Å². The Bertz CT molecular complexity index is 2810. The summed E-state index contributed by atoms with van der Waals surface area (Å²) in [6.07, 6.45) is 0. The Kier molecular flexibility index (Phi) is 5.98. The summed E-state index contributed by atoms with van der Waals surface area (Å²) < 4.78 is 5.31. The Labute approximate surface area is 280 Å². The Balaban J connectivity index is 1.26. The highest BCUT2D eigenvalue weighted by Gasteiger charge is 2.21. The highest BCUT2D eigenvalue weighted by molar-refractivity contribution is 7.27. The van der Waals surface area contributed by atoms with Crippen LogP contribution in [0.1, 0.15) is 0 Å². The van der Waals surface area contributed by atoms with Crippen molar-refractivity contribution in [2.24, 2.45) is 0 Å². The lowest BCUT2D eigenvalue weighted by Crippen LogP contribution is -2.09. The number of hydrogen-bond acceptors (Lipinski definition) is 3. The van der Waals surface area contributed by atoms with Crippen molar-refractivity contribution in [2.75, 3.05) is 4.90 Å². The van der Waals surface area contributed by atoms with Crippen molar-refractivity contribution in [3.63, 3.8) is 0 Å². The van der Waals surface area contributed by atoms with Crippen LogP contribution in [0.4, 0.5) is 17.1 Å². The summed E-state index contributed by atoms with van der Waals surface area (Å²) in [7, 11) is 0. The average Bonchev–Trinajstić information content (AvgIpc) is 3.71. The van der Waals surface area contributed by atoms with Crippen molar-refractivity contribution < 1.29 is 0 Å². The fourth-order valence-electron chi connectivity index (χ4n) is 7.28. The number of fused-ring (bicyclic) bond motifs is 9. The molecule has 2 heterocycles. The van der Waals surface area contributed by atoms with Gasteiger partial charge >= 0.3 is 0 Å². The number of anilines is 3. The molecule has 0 atom stereocenters. The first kappa shape index (κ1) is 26.7. The van der Waals surface area contributed by atoms with Crippen LogP contribution in [-0.4, -0.2) is 0 Å². The third-order valence-corrected chi connectivity index (χ3v) is 11.9. The van der Waals surface area contributed by atoms with Gasteiger partial charge < -0.3 is 4.90 Å². The molecular weight excluding hydrogens is 607 g/mol. The highest BCUT2D eigenvalue weighted by atomic mass is 32.1. The SMILES string of the molecule is c1ccc(N(c2ccc3ccccc3c2)c2cccc3c2sc2c4ccccc4c(-c4cccc5c4sc4ccccc45)cc32)cc1. The second-order valence-corrected chi connectivity index (χ2v) is 14.2. The molecule has 0 spiro atoms. The number of hydrogen-bond donors (Lipinski definition) is 0. The topological polar surface area (TPSA) is 3.24 Å². The minimum Gasteiger partial charge on any atom is -0.309 e. The number of nitrogens with zero attached hydrogens (tertiary/aromatic N) is 1. The lowest BCUT2D eigenvalue weighted by molar-refractivity contribution is 1.31. The van der Waals surface area contributed by atoms with Gasteiger partial charge in [0.1, 0.15) is 0 Å². The Hall–Kier alpha value is -5.48. The highest BCUT2D eigenvalue weighted by Crippen LogP contribution is 2.49. The fourth-order valence-corrected chi connectivity index (χ4v) is 9.84. The summed E-state index contributed by atoms with van der Waals surface area (Å²) >= 11 is 3.81. The maximum atomic E-state index is 2.46. The van der Waals surface area contributed by atoms with Gasteiger partial charge in [-0.3, -0.25) is 0 Å². The lowest BCUT2D eigenvalue weighted by Gasteiger charge is -2.26. The number of thiophene rings is 2. The molecule has 8 aromatic carbocycles.